The van der Waals surface area contributed by atoms with E-state index in [0.29, 0.717) is 27.2 Å². The van der Waals surface area contributed by atoms with Crippen LogP contribution in [0.15, 0.2) is 72.8 Å². The van der Waals surface area contributed by atoms with Gasteiger partial charge in [-0.15, -0.1) is 0 Å². The molecule has 36 heavy (non-hydrogen) atoms. The fraction of sp³-hybridized carbons (Fsp3) is 0.286. The third-order valence-corrected chi connectivity index (χ3v) is 6.85. The number of hydrogen-bond donors (Lipinski definition) is 1. The van der Waals surface area contributed by atoms with Crippen molar-refractivity contribution < 1.29 is 14.3 Å². The molecule has 0 aliphatic carbocycles. The van der Waals surface area contributed by atoms with Crippen LogP contribution in [0.4, 0.5) is 0 Å². The Morgan fingerprint density at radius 2 is 1.58 bits per heavy atom. The summed E-state index contributed by atoms with van der Waals surface area (Å²) in [6, 6.07) is 20.9. The highest BCUT2D eigenvalue weighted by atomic mass is 35.5. The lowest BCUT2D eigenvalue weighted by atomic mass is 10.0. The smallest absolute Gasteiger partial charge is 0.261 e. The number of hydrogen-bond acceptors (Lipinski definition) is 3. The van der Waals surface area contributed by atoms with Gasteiger partial charge in [0.05, 0.1) is 15.1 Å². The van der Waals surface area contributed by atoms with Crippen molar-refractivity contribution in [3.8, 4) is 5.75 Å². The van der Waals surface area contributed by atoms with E-state index in [-0.39, 0.29) is 31.0 Å². The summed E-state index contributed by atoms with van der Waals surface area (Å²) in [5.74, 6) is -0.203. The highest BCUT2D eigenvalue weighted by Gasteiger charge is 2.31. The number of halogens is 3. The molecule has 2 atom stereocenters. The predicted molar refractivity (Wildman–Crippen MR) is 146 cm³/mol. The van der Waals surface area contributed by atoms with Crippen LogP contribution >= 0.6 is 34.8 Å². The van der Waals surface area contributed by atoms with Crippen LogP contribution in [0.25, 0.3) is 0 Å². The van der Waals surface area contributed by atoms with Gasteiger partial charge in [-0.3, -0.25) is 9.59 Å². The Labute approximate surface area is 227 Å². The molecular formula is C28H29Cl3N2O3. The number of carbonyl (C=O) groups is 2. The van der Waals surface area contributed by atoms with Gasteiger partial charge >= 0.3 is 0 Å². The third kappa shape index (κ3) is 7.89. The van der Waals surface area contributed by atoms with Crippen LogP contribution in [0.5, 0.6) is 5.75 Å². The lowest BCUT2D eigenvalue weighted by Gasteiger charge is -2.32. The highest BCUT2D eigenvalue weighted by molar-refractivity contribution is 6.42. The maximum atomic E-state index is 13.6. The van der Waals surface area contributed by atoms with Crippen LogP contribution in [-0.4, -0.2) is 35.4 Å². The fourth-order valence-corrected chi connectivity index (χ4v) is 4.12. The summed E-state index contributed by atoms with van der Waals surface area (Å²) in [6.07, 6.45) is 1.10. The Morgan fingerprint density at radius 3 is 2.25 bits per heavy atom. The number of carbonyl (C=O) groups excluding carboxylic acids is 2. The molecule has 0 saturated heterocycles. The summed E-state index contributed by atoms with van der Waals surface area (Å²) < 4.78 is 5.74. The minimum atomic E-state index is -0.779. The molecule has 3 aromatic carbocycles. The average Bonchev–Trinajstić information content (AvgIpc) is 2.88. The van der Waals surface area contributed by atoms with E-state index in [0.717, 1.165) is 17.5 Å². The summed E-state index contributed by atoms with van der Waals surface area (Å²) in [5.41, 5.74) is 1.67. The molecule has 0 aromatic heterocycles. The maximum Gasteiger partial charge on any atom is 0.261 e. The minimum Gasteiger partial charge on any atom is -0.482 e. The normalized spacial score (nSPS) is 12.5. The average molecular weight is 548 g/mol. The van der Waals surface area contributed by atoms with E-state index in [1.165, 1.54) is 4.90 Å². The van der Waals surface area contributed by atoms with E-state index in [2.05, 4.69) is 5.32 Å². The van der Waals surface area contributed by atoms with Crippen molar-refractivity contribution in [2.24, 2.45) is 0 Å². The van der Waals surface area contributed by atoms with E-state index in [1.54, 1.807) is 42.5 Å². The molecule has 0 heterocycles. The molecule has 1 N–H and O–H groups in total. The van der Waals surface area contributed by atoms with E-state index in [4.69, 9.17) is 39.5 Å². The number of ether oxygens (including phenoxy) is 1. The zero-order valence-electron chi connectivity index (χ0n) is 20.2. The van der Waals surface area contributed by atoms with E-state index >= 15 is 0 Å². The van der Waals surface area contributed by atoms with Crippen molar-refractivity contribution in [3.05, 3.63) is 99.0 Å². The van der Waals surface area contributed by atoms with Gasteiger partial charge in [0.25, 0.3) is 5.91 Å². The van der Waals surface area contributed by atoms with E-state index in [1.807, 2.05) is 44.2 Å². The van der Waals surface area contributed by atoms with Gasteiger partial charge < -0.3 is 15.0 Å². The van der Waals surface area contributed by atoms with Crippen LogP contribution in [0.2, 0.25) is 15.1 Å². The lowest BCUT2D eigenvalue weighted by Crippen LogP contribution is -2.53. The third-order valence-electron chi connectivity index (χ3n) is 5.80. The molecule has 2 amide bonds. The van der Waals surface area contributed by atoms with Crippen LogP contribution < -0.4 is 10.1 Å². The molecule has 0 spiro atoms. The minimum absolute atomic E-state index is 0.0444. The maximum absolute atomic E-state index is 13.6. The van der Waals surface area contributed by atoms with Crippen molar-refractivity contribution in [1.82, 2.24) is 10.2 Å². The molecule has 3 rings (SSSR count). The van der Waals surface area contributed by atoms with Crippen molar-refractivity contribution in [2.45, 2.75) is 45.3 Å². The van der Waals surface area contributed by atoms with Gasteiger partial charge in [0.1, 0.15) is 11.8 Å². The van der Waals surface area contributed by atoms with Gasteiger partial charge in [0.2, 0.25) is 5.91 Å². The predicted octanol–water partition coefficient (Wildman–Crippen LogP) is 6.58. The van der Waals surface area contributed by atoms with Crippen molar-refractivity contribution in [3.63, 3.8) is 0 Å². The Hall–Kier alpha value is -2.73. The second kappa shape index (κ2) is 13.5. The summed E-state index contributed by atoms with van der Waals surface area (Å²) in [5, 5.41) is 4.22. The molecule has 0 bridgehead atoms. The molecule has 190 valence electrons. The van der Waals surface area contributed by atoms with Crippen LogP contribution in [0.3, 0.4) is 0 Å². The Kier molecular flexibility index (Phi) is 10.5. The van der Waals surface area contributed by atoms with Crippen LogP contribution in [0.1, 0.15) is 31.4 Å². The molecule has 0 aliphatic rings. The highest BCUT2D eigenvalue weighted by Crippen LogP contribution is 2.26. The van der Waals surface area contributed by atoms with Gasteiger partial charge in [-0.05, 0) is 48.7 Å². The second-order valence-electron chi connectivity index (χ2n) is 8.51. The number of nitrogens with one attached hydrogen (secondary N) is 1. The molecule has 0 unspecified atom stereocenters. The number of para-hydroxylation sites is 1. The number of benzene rings is 3. The summed E-state index contributed by atoms with van der Waals surface area (Å²) in [6.45, 7) is 3.79. The van der Waals surface area contributed by atoms with Gasteiger partial charge in [0.15, 0.2) is 6.61 Å². The summed E-state index contributed by atoms with van der Waals surface area (Å²) in [4.78, 5) is 28.6. The van der Waals surface area contributed by atoms with Gasteiger partial charge in [-0.2, -0.15) is 0 Å². The summed E-state index contributed by atoms with van der Waals surface area (Å²) >= 11 is 18.5. The fourth-order valence-electron chi connectivity index (χ4n) is 3.61. The number of rotatable bonds is 11. The SMILES string of the molecule is CC[C@H](C)NC(=O)[C@@H](Cc1ccccc1)N(Cc1ccc(Cl)c(Cl)c1)C(=O)COc1ccccc1Cl. The lowest BCUT2D eigenvalue weighted by molar-refractivity contribution is -0.143. The second-order valence-corrected chi connectivity index (χ2v) is 9.73. The van der Waals surface area contributed by atoms with Crippen LogP contribution in [-0.2, 0) is 22.6 Å². The van der Waals surface area contributed by atoms with Gasteiger partial charge in [-0.25, -0.2) is 0 Å². The zero-order chi connectivity index (χ0) is 26.1. The van der Waals surface area contributed by atoms with Crippen molar-refractivity contribution >= 4 is 46.6 Å². The van der Waals surface area contributed by atoms with Gasteiger partial charge in [0, 0.05) is 19.0 Å². The Morgan fingerprint density at radius 1 is 0.889 bits per heavy atom. The molecule has 8 heteroatoms. The zero-order valence-corrected chi connectivity index (χ0v) is 22.5. The van der Waals surface area contributed by atoms with Gasteiger partial charge in [-0.1, -0.05) is 90.3 Å². The number of amides is 2. The molecule has 5 nitrogen and oxygen atoms in total. The first-order chi connectivity index (χ1) is 17.3. The molecule has 0 aliphatic heterocycles. The first-order valence-corrected chi connectivity index (χ1v) is 12.9. The largest absolute Gasteiger partial charge is 0.482 e. The first-order valence-electron chi connectivity index (χ1n) is 11.7. The standard InChI is InChI=1S/C28H29Cl3N2O3/c1-3-19(2)32-28(35)25(16-20-9-5-4-6-10-20)33(17-21-13-14-22(29)24(31)15-21)27(34)18-36-26-12-8-7-11-23(26)30/h4-15,19,25H,3,16-18H2,1-2H3,(H,32,35)/t19-,25+/m0/s1. The molecule has 3 aromatic rings. The Bertz CT molecular complexity index is 1170. The summed E-state index contributed by atoms with van der Waals surface area (Å²) in [7, 11) is 0. The molecule has 0 radical (unpaired) electrons. The van der Waals surface area contributed by atoms with E-state index < -0.39 is 6.04 Å². The topological polar surface area (TPSA) is 58.6 Å². The molecule has 0 saturated carbocycles. The van der Waals surface area contributed by atoms with Crippen LogP contribution in [0, 0.1) is 0 Å². The molecule has 0 fully saturated rings. The van der Waals surface area contributed by atoms with E-state index in [9.17, 15) is 9.59 Å². The molecular weight excluding hydrogens is 519 g/mol. The Balaban J connectivity index is 1.94. The van der Waals surface area contributed by atoms with Crippen molar-refractivity contribution in [2.75, 3.05) is 6.61 Å². The quantitative estimate of drug-likeness (QED) is 0.295. The number of nitrogens with zero attached hydrogens (tertiary/aromatic N) is 1. The monoisotopic (exact) mass is 546 g/mol. The van der Waals surface area contributed by atoms with Crippen molar-refractivity contribution in [1.29, 1.82) is 0 Å². The first kappa shape index (κ1) is 27.9.